The van der Waals surface area contributed by atoms with Crippen molar-refractivity contribution in [3.8, 4) is 0 Å². The molecule has 0 spiro atoms. The van der Waals surface area contributed by atoms with Crippen molar-refractivity contribution in [1.29, 1.82) is 0 Å². The number of nitrogen functional groups attached to an aromatic ring is 1. The topological polar surface area (TPSA) is 29.3 Å². The first-order chi connectivity index (χ1) is 5.52. The predicted octanol–water partition coefficient (Wildman–Crippen LogP) is 1.95. The Morgan fingerprint density at radius 3 is 2.25 bits per heavy atom. The zero-order valence-electron chi connectivity index (χ0n) is 8.18. The van der Waals surface area contributed by atoms with Gasteiger partial charge in [0.1, 0.15) is 0 Å². The van der Waals surface area contributed by atoms with Crippen molar-refractivity contribution in [3.63, 3.8) is 0 Å². The van der Waals surface area contributed by atoms with Crippen LogP contribution in [0.25, 0.3) is 0 Å². The van der Waals surface area contributed by atoms with Gasteiger partial charge in [-0.15, -0.1) is 0 Å². The van der Waals surface area contributed by atoms with Crippen LogP contribution in [0.3, 0.4) is 0 Å². The minimum atomic E-state index is 0.880. The van der Waals surface area contributed by atoms with Gasteiger partial charge in [0.15, 0.2) is 0 Å². The van der Waals surface area contributed by atoms with Gasteiger partial charge in [-0.3, -0.25) is 0 Å². The maximum atomic E-state index is 5.91. The van der Waals surface area contributed by atoms with Gasteiger partial charge in [0.2, 0.25) is 0 Å². The highest BCUT2D eigenvalue weighted by Crippen LogP contribution is 2.26. The molecule has 0 fully saturated rings. The first kappa shape index (κ1) is 8.91. The molecule has 2 N–H and O–H groups in total. The van der Waals surface area contributed by atoms with Crippen molar-refractivity contribution in [2.24, 2.45) is 0 Å². The molecule has 1 aromatic carbocycles. The fourth-order valence-electron chi connectivity index (χ4n) is 1.33. The van der Waals surface area contributed by atoms with E-state index in [4.69, 9.17) is 5.73 Å². The third-order valence-electron chi connectivity index (χ3n) is 1.99. The van der Waals surface area contributed by atoms with E-state index in [2.05, 4.69) is 19.1 Å². The van der Waals surface area contributed by atoms with Crippen LogP contribution < -0.4 is 10.6 Å². The van der Waals surface area contributed by atoms with Crippen LogP contribution in [0.5, 0.6) is 0 Å². The van der Waals surface area contributed by atoms with Crippen molar-refractivity contribution < 1.29 is 0 Å². The van der Waals surface area contributed by atoms with E-state index in [9.17, 15) is 0 Å². The van der Waals surface area contributed by atoms with Crippen molar-refractivity contribution >= 4 is 11.4 Å². The Morgan fingerprint density at radius 2 is 1.75 bits per heavy atom. The molecule has 0 amide bonds. The molecule has 1 aromatic rings. The van der Waals surface area contributed by atoms with Crippen molar-refractivity contribution in [3.05, 3.63) is 23.3 Å². The SMILES string of the molecule is Cc1cc(C)c(N)c(N(C)C)c1. The lowest BCUT2D eigenvalue weighted by atomic mass is 10.1. The van der Waals surface area contributed by atoms with Gasteiger partial charge in [0, 0.05) is 14.1 Å². The Morgan fingerprint density at radius 1 is 1.17 bits per heavy atom. The van der Waals surface area contributed by atoms with Gasteiger partial charge in [-0.1, -0.05) is 6.07 Å². The Hall–Kier alpha value is -1.18. The first-order valence-corrected chi connectivity index (χ1v) is 4.06. The van der Waals surface area contributed by atoms with E-state index in [0.29, 0.717) is 0 Å². The molecule has 0 aromatic heterocycles. The molecular weight excluding hydrogens is 148 g/mol. The molecule has 2 heteroatoms. The van der Waals surface area contributed by atoms with Crippen LogP contribution >= 0.6 is 0 Å². The molecule has 0 unspecified atom stereocenters. The van der Waals surface area contributed by atoms with E-state index < -0.39 is 0 Å². The molecule has 12 heavy (non-hydrogen) atoms. The molecule has 0 aliphatic rings. The Bertz CT molecular complexity index is 290. The molecule has 0 bridgehead atoms. The number of benzene rings is 1. The number of hydrogen-bond donors (Lipinski definition) is 1. The van der Waals surface area contributed by atoms with Crippen molar-refractivity contribution in [2.75, 3.05) is 24.7 Å². The van der Waals surface area contributed by atoms with E-state index in [1.54, 1.807) is 0 Å². The summed E-state index contributed by atoms with van der Waals surface area (Å²) in [6.07, 6.45) is 0. The number of nitrogens with zero attached hydrogens (tertiary/aromatic N) is 1. The molecule has 0 atom stereocenters. The number of anilines is 2. The summed E-state index contributed by atoms with van der Waals surface area (Å²) >= 11 is 0. The lowest BCUT2D eigenvalue weighted by molar-refractivity contribution is 1.12. The predicted molar refractivity (Wildman–Crippen MR) is 54.7 cm³/mol. The van der Waals surface area contributed by atoms with Gasteiger partial charge in [-0.05, 0) is 31.0 Å². The molecule has 0 aliphatic carbocycles. The Kier molecular flexibility index (Phi) is 2.27. The highest BCUT2D eigenvalue weighted by atomic mass is 15.1. The molecule has 0 saturated heterocycles. The summed E-state index contributed by atoms with van der Waals surface area (Å²) < 4.78 is 0. The normalized spacial score (nSPS) is 10.0. The summed E-state index contributed by atoms with van der Waals surface area (Å²) in [5, 5.41) is 0. The van der Waals surface area contributed by atoms with Crippen LogP contribution in [0.1, 0.15) is 11.1 Å². The maximum Gasteiger partial charge on any atom is 0.0600 e. The minimum Gasteiger partial charge on any atom is -0.397 e. The van der Waals surface area contributed by atoms with Gasteiger partial charge in [-0.2, -0.15) is 0 Å². The minimum absolute atomic E-state index is 0.880. The van der Waals surface area contributed by atoms with E-state index in [-0.39, 0.29) is 0 Å². The van der Waals surface area contributed by atoms with Crippen LogP contribution in [-0.4, -0.2) is 14.1 Å². The fraction of sp³-hybridized carbons (Fsp3) is 0.400. The zero-order valence-corrected chi connectivity index (χ0v) is 8.18. The monoisotopic (exact) mass is 164 g/mol. The highest BCUT2D eigenvalue weighted by molar-refractivity contribution is 5.71. The van der Waals surface area contributed by atoms with E-state index >= 15 is 0 Å². The third-order valence-corrected chi connectivity index (χ3v) is 1.99. The Labute approximate surface area is 74.0 Å². The molecule has 0 saturated carbocycles. The number of rotatable bonds is 1. The first-order valence-electron chi connectivity index (χ1n) is 4.06. The lowest BCUT2D eigenvalue weighted by Gasteiger charge is -2.17. The van der Waals surface area contributed by atoms with Crippen LogP contribution in [-0.2, 0) is 0 Å². The largest absolute Gasteiger partial charge is 0.397 e. The van der Waals surface area contributed by atoms with Gasteiger partial charge < -0.3 is 10.6 Å². The molecule has 0 aliphatic heterocycles. The summed E-state index contributed by atoms with van der Waals surface area (Å²) in [6, 6.07) is 4.20. The van der Waals surface area contributed by atoms with Gasteiger partial charge >= 0.3 is 0 Å². The van der Waals surface area contributed by atoms with Crippen molar-refractivity contribution in [2.45, 2.75) is 13.8 Å². The summed E-state index contributed by atoms with van der Waals surface area (Å²) in [5.74, 6) is 0. The average Bonchev–Trinajstić information content (AvgIpc) is 1.96. The molecule has 0 heterocycles. The zero-order chi connectivity index (χ0) is 9.30. The summed E-state index contributed by atoms with van der Waals surface area (Å²) in [6.45, 7) is 4.12. The number of nitrogens with two attached hydrogens (primary N) is 1. The van der Waals surface area contributed by atoms with E-state index in [1.165, 1.54) is 5.56 Å². The second-order valence-corrected chi connectivity index (χ2v) is 3.41. The van der Waals surface area contributed by atoms with Gasteiger partial charge in [0.25, 0.3) is 0 Å². The second-order valence-electron chi connectivity index (χ2n) is 3.41. The smallest absolute Gasteiger partial charge is 0.0600 e. The lowest BCUT2D eigenvalue weighted by Crippen LogP contribution is -2.12. The molecule has 2 nitrogen and oxygen atoms in total. The Balaban J connectivity index is 3.28. The van der Waals surface area contributed by atoms with Crippen LogP contribution in [0.2, 0.25) is 0 Å². The molecule has 1 rings (SSSR count). The quantitative estimate of drug-likeness (QED) is 0.643. The molecule has 0 radical (unpaired) electrons. The summed E-state index contributed by atoms with van der Waals surface area (Å²) in [7, 11) is 4.01. The van der Waals surface area contributed by atoms with Crippen molar-refractivity contribution in [1.82, 2.24) is 0 Å². The fourth-order valence-corrected chi connectivity index (χ4v) is 1.33. The second kappa shape index (κ2) is 3.05. The van der Waals surface area contributed by atoms with E-state index in [1.807, 2.05) is 25.9 Å². The number of hydrogen-bond acceptors (Lipinski definition) is 2. The van der Waals surface area contributed by atoms with Crippen LogP contribution in [0, 0.1) is 13.8 Å². The molecular formula is C10H16N2. The molecule has 66 valence electrons. The van der Waals surface area contributed by atoms with Gasteiger partial charge in [-0.25, -0.2) is 0 Å². The highest BCUT2D eigenvalue weighted by Gasteiger charge is 2.04. The van der Waals surface area contributed by atoms with Crippen LogP contribution in [0.15, 0.2) is 12.1 Å². The summed E-state index contributed by atoms with van der Waals surface area (Å²) in [5.41, 5.74) is 10.3. The maximum absolute atomic E-state index is 5.91. The van der Waals surface area contributed by atoms with Crippen LogP contribution in [0.4, 0.5) is 11.4 Å². The standard InChI is InChI=1S/C10H16N2/c1-7-5-8(2)10(11)9(6-7)12(3)4/h5-6H,11H2,1-4H3. The van der Waals surface area contributed by atoms with E-state index in [0.717, 1.165) is 16.9 Å². The average molecular weight is 164 g/mol. The third kappa shape index (κ3) is 1.52. The number of aryl methyl sites for hydroxylation is 2. The van der Waals surface area contributed by atoms with Gasteiger partial charge in [0.05, 0.1) is 11.4 Å². The summed E-state index contributed by atoms with van der Waals surface area (Å²) in [4.78, 5) is 2.04.